The maximum absolute atomic E-state index is 12.1. The van der Waals surface area contributed by atoms with Gasteiger partial charge in [0.15, 0.2) is 0 Å². The predicted molar refractivity (Wildman–Crippen MR) is 82.4 cm³/mol. The molecule has 0 aliphatic carbocycles. The number of anilines is 1. The number of rotatable bonds is 5. The molecule has 11 heteroatoms. The van der Waals surface area contributed by atoms with Crippen LogP contribution in [-0.2, 0) is 10.0 Å². The molecular weight excluding hydrogens is 361 g/mol. The van der Waals surface area contributed by atoms with Crippen molar-refractivity contribution in [3.63, 3.8) is 0 Å². The monoisotopic (exact) mass is 374 g/mol. The standard InChI is InChI=1S/C14H13F3N4O3S/c1-9-6-19-12(7-18-9)13(22)21-10-2-4-11(5-3-10)25(23,24)20-8-14(15,16)17/h2-7,20H,8H2,1H3,(H,21,22). The average molecular weight is 374 g/mol. The summed E-state index contributed by atoms with van der Waals surface area (Å²) in [4.78, 5) is 19.4. The van der Waals surface area contributed by atoms with Gasteiger partial charge in [0, 0.05) is 11.9 Å². The van der Waals surface area contributed by atoms with Crippen LogP contribution in [0.5, 0.6) is 0 Å². The quantitative estimate of drug-likeness (QED) is 0.832. The Morgan fingerprint density at radius 3 is 2.28 bits per heavy atom. The number of halogens is 3. The normalized spacial score (nSPS) is 12.0. The van der Waals surface area contributed by atoms with Crippen LogP contribution in [0, 0.1) is 6.92 Å². The maximum atomic E-state index is 12.1. The zero-order valence-electron chi connectivity index (χ0n) is 12.8. The third kappa shape index (κ3) is 5.50. The first-order valence-corrected chi connectivity index (χ1v) is 8.32. The number of alkyl halides is 3. The summed E-state index contributed by atoms with van der Waals surface area (Å²) in [6, 6.07) is 4.66. The Bertz CT molecular complexity index is 850. The third-order valence-electron chi connectivity index (χ3n) is 2.90. The lowest BCUT2D eigenvalue weighted by molar-refractivity contribution is -0.121. The Kier molecular flexibility index (Phi) is 5.38. The van der Waals surface area contributed by atoms with Gasteiger partial charge in [0.1, 0.15) is 12.2 Å². The molecule has 2 N–H and O–H groups in total. The number of carbonyl (C=O) groups excluding carboxylic acids is 1. The molecule has 2 aromatic rings. The van der Waals surface area contributed by atoms with Gasteiger partial charge in [0.05, 0.1) is 16.8 Å². The summed E-state index contributed by atoms with van der Waals surface area (Å²) in [5.41, 5.74) is 0.953. The van der Waals surface area contributed by atoms with Gasteiger partial charge in [-0.3, -0.25) is 9.78 Å². The van der Waals surface area contributed by atoms with Crippen LogP contribution in [0.25, 0.3) is 0 Å². The lowest BCUT2D eigenvalue weighted by Gasteiger charge is -2.10. The van der Waals surface area contributed by atoms with Crippen molar-refractivity contribution in [3.05, 3.63) is 48.0 Å². The molecule has 7 nitrogen and oxygen atoms in total. The van der Waals surface area contributed by atoms with Gasteiger partial charge < -0.3 is 5.32 Å². The number of nitrogens with zero attached hydrogens (tertiary/aromatic N) is 2. The van der Waals surface area contributed by atoms with E-state index in [1.165, 1.54) is 29.2 Å². The highest BCUT2D eigenvalue weighted by Gasteiger charge is 2.30. The summed E-state index contributed by atoms with van der Waals surface area (Å²) in [5, 5.41) is 2.48. The summed E-state index contributed by atoms with van der Waals surface area (Å²) >= 11 is 0. The van der Waals surface area contributed by atoms with Gasteiger partial charge in [-0.15, -0.1) is 0 Å². The van der Waals surface area contributed by atoms with Gasteiger partial charge in [-0.05, 0) is 31.2 Å². The Morgan fingerprint density at radius 2 is 1.76 bits per heavy atom. The van der Waals surface area contributed by atoms with E-state index in [9.17, 15) is 26.4 Å². The topological polar surface area (TPSA) is 101 Å². The van der Waals surface area contributed by atoms with Gasteiger partial charge in [0.25, 0.3) is 5.91 Å². The first-order valence-electron chi connectivity index (χ1n) is 6.83. The summed E-state index contributed by atoms with van der Waals surface area (Å²) in [6.07, 6.45) is -1.96. The van der Waals surface area contributed by atoms with E-state index in [1.54, 1.807) is 6.92 Å². The van der Waals surface area contributed by atoms with Crippen molar-refractivity contribution in [1.82, 2.24) is 14.7 Å². The summed E-state index contributed by atoms with van der Waals surface area (Å²) in [6.45, 7) is 0.0422. The SMILES string of the molecule is Cc1cnc(C(=O)Nc2ccc(S(=O)(=O)NCC(F)(F)F)cc2)cn1. The molecule has 2 rings (SSSR count). The number of benzene rings is 1. The lowest BCUT2D eigenvalue weighted by Crippen LogP contribution is -2.33. The Morgan fingerprint density at radius 1 is 1.12 bits per heavy atom. The van der Waals surface area contributed by atoms with Crippen molar-refractivity contribution < 1.29 is 26.4 Å². The molecule has 0 unspecified atom stereocenters. The highest BCUT2D eigenvalue weighted by Crippen LogP contribution is 2.17. The molecule has 0 spiro atoms. The van der Waals surface area contributed by atoms with Crippen molar-refractivity contribution in [2.75, 3.05) is 11.9 Å². The van der Waals surface area contributed by atoms with Crippen molar-refractivity contribution in [1.29, 1.82) is 0 Å². The van der Waals surface area contributed by atoms with Gasteiger partial charge in [-0.25, -0.2) is 18.1 Å². The molecule has 0 bridgehead atoms. The van der Waals surface area contributed by atoms with Crippen molar-refractivity contribution in [2.45, 2.75) is 18.0 Å². The molecule has 0 atom stereocenters. The van der Waals surface area contributed by atoms with E-state index >= 15 is 0 Å². The molecule has 25 heavy (non-hydrogen) atoms. The van der Waals surface area contributed by atoms with E-state index in [0.29, 0.717) is 5.69 Å². The van der Waals surface area contributed by atoms with Gasteiger partial charge in [-0.2, -0.15) is 13.2 Å². The van der Waals surface area contributed by atoms with Crippen molar-refractivity contribution in [3.8, 4) is 0 Å². The minimum Gasteiger partial charge on any atom is -0.321 e. The van der Waals surface area contributed by atoms with E-state index in [4.69, 9.17) is 0 Å². The van der Waals surface area contributed by atoms with Gasteiger partial charge >= 0.3 is 6.18 Å². The maximum Gasteiger partial charge on any atom is 0.402 e. The number of sulfonamides is 1. The first-order chi connectivity index (χ1) is 11.6. The molecule has 1 heterocycles. The molecular formula is C14H13F3N4O3S. The average Bonchev–Trinajstić information content (AvgIpc) is 2.53. The van der Waals surface area contributed by atoms with E-state index in [1.807, 2.05) is 0 Å². The van der Waals surface area contributed by atoms with Crippen LogP contribution in [0.15, 0.2) is 41.6 Å². The lowest BCUT2D eigenvalue weighted by atomic mass is 10.3. The number of aromatic nitrogens is 2. The molecule has 134 valence electrons. The fraction of sp³-hybridized carbons (Fsp3) is 0.214. The van der Waals surface area contributed by atoms with E-state index in [0.717, 1.165) is 12.1 Å². The summed E-state index contributed by atoms with van der Waals surface area (Å²) in [7, 11) is -4.30. The van der Waals surface area contributed by atoms with Crippen molar-refractivity contribution >= 4 is 21.6 Å². The van der Waals surface area contributed by atoms with Crippen LogP contribution >= 0.6 is 0 Å². The van der Waals surface area contributed by atoms with Crippen LogP contribution in [0.3, 0.4) is 0 Å². The van der Waals surface area contributed by atoms with E-state index < -0.39 is 28.7 Å². The molecule has 0 aliphatic heterocycles. The summed E-state index contributed by atoms with van der Waals surface area (Å²) in [5.74, 6) is -0.557. The fourth-order valence-electron chi connectivity index (χ4n) is 1.68. The number of carbonyl (C=O) groups is 1. The van der Waals surface area contributed by atoms with Crippen LogP contribution < -0.4 is 10.0 Å². The number of nitrogens with one attached hydrogen (secondary N) is 2. The number of aryl methyl sites for hydroxylation is 1. The molecule has 0 aliphatic rings. The minimum atomic E-state index is -4.66. The van der Waals surface area contributed by atoms with Crippen LogP contribution in [0.2, 0.25) is 0 Å². The molecule has 0 saturated carbocycles. The van der Waals surface area contributed by atoms with Crippen LogP contribution in [0.1, 0.15) is 16.2 Å². The van der Waals surface area contributed by atoms with Gasteiger partial charge in [-0.1, -0.05) is 0 Å². The second kappa shape index (κ2) is 7.15. The first kappa shape index (κ1) is 18.8. The van der Waals surface area contributed by atoms with Crippen molar-refractivity contribution in [2.24, 2.45) is 0 Å². The molecule has 1 aromatic carbocycles. The summed E-state index contributed by atoms with van der Waals surface area (Å²) < 4.78 is 61.3. The largest absolute Gasteiger partial charge is 0.402 e. The van der Waals surface area contributed by atoms with E-state index in [2.05, 4.69) is 15.3 Å². The Labute approximate surface area is 141 Å². The molecule has 0 fully saturated rings. The second-order valence-electron chi connectivity index (χ2n) is 4.96. The Hall–Kier alpha value is -2.53. The number of amides is 1. The fourth-order valence-corrected chi connectivity index (χ4v) is 2.70. The molecule has 1 amide bonds. The highest BCUT2D eigenvalue weighted by molar-refractivity contribution is 7.89. The smallest absolute Gasteiger partial charge is 0.321 e. The molecule has 0 radical (unpaired) electrons. The third-order valence-corrected chi connectivity index (χ3v) is 4.32. The predicted octanol–water partition coefficient (Wildman–Crippen LogP) is 1.88. The van der Waals surface area contributed by atoms with E-state index in [-0.39, 0.29) is 16.3 Å². The zero-order valence-corrected chi connectivity index (χ0v) is 13.6. The Balaban J connectivity index is 2.06. The van der Waals surface area contributed by atoms with Crippen LogP contribution in [0.4, 0.5) is 18.9 Å². The molecule has 1 aromatic heterocycles. The zero-order chi connectivity index (χ0) is 18.7. The second-order valence-corrected chi connectivity index (χ2v) is 6.73. The highest BCUT2D eigenvalue weighted by atomic mass is 32.2. The molecule has 0 saturated heterocycles. The van der Waals surface area contributed by atoms with Crippen LogP contribution in [-0.4, -0.2) is 37.0 Å². The van der Waals surface area contributed by atoms with Gasteiger partial charge in [0.2, 0.25) is 10.0 Å². The minimum absolute atomic E-state index is 0.0640. The number of hydrogen-bond donors (Lipinski definition) is 2. The number of hydrogen-bond acceptors (Lipinski definition) is 5.